The van der Waals surface area contributed by atoms with Crippen LogP contribution in [0.25, 0.3) is 0 Å². The Hall–Kier alpha value is -1.06. The zero-order chi connectivity index (χ0) is 13.0. The summed E-state index contributed by atoms with van der Waals surface area (Å²) in [5.41, 5.74) is 8.40. The number of nitrogens with zero attached hydrogens (tertiary/aromatic N) is 1. The molecule has 0 saturated heterocycles. The number of aryl methyl sites for hydroxylation is 1. The highest BCUT2D eigenvalue weighted by Crippen LogP contribution is 2.31. The Balaban J connectivity index is 3.11. The largest absolute Gasteiger partial charge is 0.496 e. The molecule has 0 heterocycles. The van der Waals surface area contributed by atoms with Crippen LogP contribution in [-0.2, 0) is 0 Å². The molecule has 0 fully saturated rings. The van der Waals surface area contributed by atoms with E-state index in [1.165, 1.54) is 11.1 Å². The van der Waals surface area contributed by atoms with Gasteiger partial charge in [0.25, 0.3) is 0 Å². The zero-order valence-electron chi connectivity index (χ0n) is 11.5. The fourth-order valence-electron chi connectivity index (χ4n) is 2.08. The highest BCUT2D eigenvalue weighted by molar-refractivity contribution is 5.39. The fourth-order valence-corrected chi connectivity index (χ4v) is 2.08. The van der Waals surface area contributed by atoms with E-state index in [1.807, 2.05) is 13.0 Å². The second-order valence-corrected chi connectivity index (χ2v) is 4.94. The van der Waals surface area contributed by atoms with E-state index in [2.05, 4.69) is 38.1 Å². The van der Waals surface area contributed by atoms with E-state index in [0.29, 0.717) is 6.04 Å². The van der Waals surface area contributed by atoms with Gasteiger partial charge in [-0.15, -0.1) is 0 Å². The maximum Gasteiger partial charge on any atom is 0.123 e. The van der Waals surface area contributed by atoms with Crippen LogP contribution in [0.1, 0.15) is 30.5 Å². The zero-order valence-corrected chi connectivity index (χ0v) is 11.5. The molecule has 0 amide bonds. The average molecular weight is 236 g/mol. The first-order valence-corrected chi connectivity index (χ1v) is 6.02. The number of benzene rings is 1. The third-order valence-corrected chi connectivity index (χ3v) is 2.96. The number of hydrogen-bond donors (Lipinski definition) is 1. The number of rotatable bonds is 5. The van der Waals surface area contributed by atoms with Crippen LogP contribution in [0.2, 0.25) is 0 Å². The van der Waals surface area contributed by atoms with Gasteiger partial charge in [-0.2, -0.15) is 0 Å². The summed E-state index contributed by atoms with van der Waals surface area (Å²) in [6.07, 6.45) is 0.923. The van der Waals surface area contributed by atoms with E-state index in [9.17, 15) is 0 Å². The normalized spacial score (nSPS) is 14.8. The van der Waals surface area contributed by atoms with Crippen LogP contribution in [0, 0.1) is 6.92 Å². The second-order valence-electron chi connectivity index (χ2n) is 4.94. The molecule has 1 rings (SSSR count). The first kappa shape index (κ1) is 14.0. The van der Waals surface area contributed by atoms with Gasteiger partial charge in [-0.1, -0.05) is 17.7 Å². The highest BCUT2D eigenvalue weighted by Gasteiger charge is 2.19. The Labute approximate surface area is 105 Å². The standard InChI is InChI=1S/C14H24N2O/c1-10-6-7-14(17-5)12(8-10)13(16(3)4)9-11(2)15/h6-8,11,13H,9,15H2,1-5H3. The predicted octanol–water partition coefficient (Wildman–Crippen LogP) is 2.34. The van der Waals surface area contributed by atoms with Gasteiger partial charge in [0.2, 0.25) is 0 Å². The van der Waals surface area contributed by atoms with Crippen molar-refractivity contribution in [2.24, 2.45) is 5.73 Å². The minimum absolute atomic E-state index is 0.174. The molecule has 0 aromatic heterocycles. The highest BCUT2D eigenvalue weighted by atomic mass is 16.5. The summed E-state index contributed by atoms with van der Waals surface area (Å²) in [4.78, 5) is 2.20. The molecule has 1 aromatic rings. The molecule has 2 N–H and O–H groups in total. The van der Waals surface area contributed by atoms with E-state index < -0.39 is 0 Å². The first-order valence-electron chi connectivity index (χ1n) is 6.02. The smallest absolute Gasteiger partial charge is 0.123 e. The molecule has 0 bridgehead atoms. The molecule has 2 atom stereocenters. The summed E-state index contributed by atoms with van der Waals surface area (Å²) in [6, 6.07) is 6.76. The van der Waals surface area contributed by atoms with Gasteiger partial charge in [0.15, 0.2) is 0 Å². The lowest BCUT2D eigenvalue weighted by Crippen LogP contribution is -2.27. The van der Waals surface area contributed by atoms with Crippen LogP contribution in [0.15, 0.2) is 18.2 Å². The molecule has 0 aliphatic rings. The second kappa shape index (κ2) is 6.03. The fraction of sp³-hybridized carbons (Fsp3) is 0.571. The lowest BCUT2D eigenvalue weighted by atomic mass is 9.97. The van der Waals surface area contributed by atoms with Gasteiger partial charge in [0, 0.05) is 17.6 Å². The molecule has 1 aromatic carbocycles. The molecule has 0 radical (unpaired) electrons. The van der Waals surface area contributed by atoms with Gasteiger partial charge >= 0.3 is 0 Å². The molecule has 0 aliphatic carbocycles. The number of hydrogen-bond acceptors (Lipinski definition) is 3. The van der Waals surface area contributed by atoms with Crippen molar-refractivity contribution in [2.45, 2.75) is 32.4 Å². The van der Waals surface area contributed by atoms with Crippen LogP contribution in [0.3, 0.4) is 0 Å². The minimum Gasteiger partial charge on any atom is -0.496 e. The van der Waals surface area contributed by atoms with E-state index in [4.69, 9.17) is 10.5 Å². The Morgan fingerprint density at radius 1 is 1.35 bits per heavy atom. The molecule has 0 aliphatic heterocycles. The quantitative estimate of drug-likeness (QED) is 0.853. The van der Waals surface area contributed by atoms with Gasteiger partial charge in [-0.05, 0) is 40.4 Å². The summed E-state index contributed by atoms with van der Waals surface area (Å²) in [5.74, 6) is 0.940. The Morgan fingerprint density at radius 3 is 2.47 bits per heavy atom. The predicted molar refractivity (Wildman–Crippen MR) is 72.4 cm³/mol. The van der Waals surface area contributed by atoms with Crippen molar-refractivity contribution in [1.29, 1.82) is 0 Å². The Kier molecular flexibility index (Phi) is 4.97. The van der Waals surface area contributed by atoms with Crippen molar-refractivity contribution in [3.8, 4) is 5.75 Å². The summed E-state index contributed by atoms with van der Waals surface area (Å²) >= 11 is 0. The SMILES string of the molecule is COc1ccc(C)cc1C(CC(C)N)N(C)C. The lowest BCUT2D eigenvalue weighted by molar-refractivity contribution is 0.264. The van der Waals surface area contributed by atoms with Gasteiger partial charge in [0.1, 0.15) is 5.75 Å². The Morgan fingerprint density at radius 2 is 2.00 bits per heavy atom. The minimum atomic E-state index is 0.174. The maximum atomic E-state index is 5.93. The topological polar surface area (TPSA) is 38.5 Å². The third kappa shape index (κ3) is 3.72. The summed E-state index contributed by atoms with van der Waals surface area (Å²) in [5, 5.41) is 0. The molecule has 2 unspecified atom stereocenters. The first-order chi connectivity index (χ1) is 7.95. The van der Waals surface area contributed by atoms with Crippen LogP contribution in [0.4, 0.5) is 0 Å². The average Bonchev–Trinajstić information content (AvgIpc) is 2.25. The van der Waals surface area contributed by atoms with Gasteiger partial charge in [-0.25, -0.2) is 0 Å². The van der Waals surface area contributed by atoms with E-state index in [1.54, 1.807) is 7.11 Å². The number of nitrogens with two attached hydrogens (primary N) is 1. The molecular weight excluding hydrogens is 212 g/mol. The van der Waals surface area contributed by atoms with Crippen LogP contribution >= 0.6 is 0 Å². The van der Waals surface area contributed by atoms with Gasteiger partial charge in [-0.3, -0.25) is 0 Å². The molecule has 3 heteroatoms. The lowest BCUT2D eigenvalue weighted by Gasteiger charge is -2.28. The van der Waals surface area contributed by atoms with Crippen LogP contribution in [0.5, 0.6) is 5.75 Å². The Bertz CT molecular complexity index is 361. The summed E-state index contributed by atoms with van der Waals surface area (Å²) < 4.78 is 5.45. The van der Waals surface area contributed by atoms with Crippen LogP contribution in [-0.4, -0.2) is 32.1 Å². The van der Waals surface area contributed by atoms with E-state index >= 15 is 0 Å². The van der Waals surface area contributed by atoms with Crippen molar-refractivity contribution in [1.82, 2.24) is 4.90 Å². The molecule has 0 saturated carbocycles. The number of ether oxygens (including phenoxy) is 1. The summed E-state index contributed by atoms with van der Waals surface area (Å²) in [6.45, 7) is 4.14. The van der Waals surface area contributed by atoms with Crippen molar-refractivity contribution >= 4 is 0 Å². The van der Waals surface area contributed by atoms with Crippen LogP contribution < -0.4 is 10.5 Å². The van der Waals surface area contributed by atoms with Gasteiger partial charge < -0.3 is 15.4 Å². The monoisotopic (exact) mass is 236 g/mol. The molecule has 96 valence electrons. The molecule has 0 spiro atoms. The van der Waals surface area contributed by atoms with Crippen molar-refractivity contribution < 1.29 is 4.74 Å². The van der Waals surface area contributed by atoms with Crippen molar-refractivity contribution in [3.63, 3.8) is 0 Å². The molecular formula is C14H24N2O. The number of methoxy groups -OCH3 is 1. The van der Waals surface area contributed by atoms with E-state index in [-0.39, 0.29) is 6.04 Å². The van der Waals surface area contributed by atoms with Crippen molar-refractivity contribution in [2.75, 3.05) is 21.2 Å². The van der Waals surface area contributed by atoms with Crippen molar-refractivity contribution in [3.05, 3.63) is 29.3 Å². The maximum absolute atomic E-state index is 5.93. The molecule has 17 heavy (non-hydrogen) atoms. The third-order valence-electron chi connectivity index (χ3n) is 2.96. The molecule has 3 nitrogen and oxygen atoms in total. The summed E-state index contributed by atoms with van der Waals surface area (Å²) in [7, 11) is 5.87. The van der Waals surface area contributed by atoms with E-state index in [0.717, 1.165) is 12.2 Å². The van der Waals surface area contributed by atoms with Gasteiger partial charge in [0.05, 0.1) is 7.11 Å².